The molecule has 0 bridgehead atoms. The zero-order valence-electron chi connectivity index (χ0n) is 18.6. The number of anilines is 1. The number of hydrogen-bond acceptors (Lipinski definition) is 4. The summed E-state index contributed by atoms with van der Waals surface area (Å²) in [4.78, 5) is -0.152. The number of rotatable bonds is 6. The molecule has 0 spiro atoms. The number of sulfonamides is 1. The van der Waals surface area contributed by atoms with Crippen molar-refractivity contribution in [3.63, 3.8) is 0 Å². The van der Waals surface area contributed by atoms with E-state index in [1.165, 1.54) is 23.5 Å². The monoisotopic (exact) mass is 507 g/mol. The molecule has 0 aliphatic carbocycles. The van der Waals surface area contributed by atoms with Crippen LogP contribution in [0.1, 0.15) is 23.6 Å². The van der Waals surface area contributed by atoms with E-state index >= 15 is 0 Å². The maximum atomic E-state index is 14.2. The molecule has 0 radical (unpaired) electrons. The lowest BCUT2D eigenvalue weighted by Crippen LogP contribution is -2.49. The molecule has 180 valence electrons. The molecular formula is C25H24ClF2NO4S. The van der Waals surface area contributed by atoms with Gasteiger partial charge in [-0.3, -0.25) is 4.31 Å². The molecule has 3 aromatic rings. The van der Waals surface area contributed by atoms with Crippen LogP contribution in [0.25, 0.3) is 0 Å². The van der Waals surface area contributed by atoms with Crippen LogP contribution in [-0.2, 0) is 29.3 Å². The van der Waals surface area contributed by atoms with Crippen LogP contribution >= 0.6 is 11.6 Å². The fraction of sp³-hybridized carbons (Fsp3) is 0.280. The van der Waals surface area contributed by atoms with Crippen LogP contribution in [0.2, 0.25) is 5.02 Å². The molecule has 1 aliphatic rings. The molecule has 5 nitrogen and oxygen atoms in total. The van der Waals surface area contributed by atoms with Crippen molar-refractivity contribution >= 4 is 27.3 Å². The standard InChI is InChI=1S/C25H24ClF2NO4S/c1-15-24(30)13-17-8-6-16(7-10-19-20(26)4-3-5-21(19)27)12-23(17)29(15)34(31,32)18-9-11-22(28)25(14-18)33-2/h3-6,8-9,11-12,14-15,24,30H,7,10,13H2,1-2H3/t15-,24+/m1/s1. The average Bonchev–Trinajstić information content (AvgIpc) is 2.79. The summed E-state index contributed by atoms with van der Waals surface area (Å²) in [5.41, 5.74) is 2.28. The Labute approximate surface area is 202 Å². The van der Waals surface area contributed by atoms with Gasteiger partial charge in [0.15, 0.2) is 11.6 Å². The molecule has 0 unspecified atom stereocenters. The number of aliphatic hydroxyl groups excluding tert-OH is 1. The molecule has 4 rings (SSSR count). The Morgan fingerprint density at radius 1 is 1.09 bits per heavy atom. The van der Waals surface area contributed by atoms with Crippen LogP contribution in [0.3, 0.4) is 0 Å². The third-order valence-electron chi connectivity index (χ3n) is 6.15. The van der Waals surface area contributed by atoms with Crippen molar-refractivity contribution in [2.75, 3.05) is 11.4 Å². The van der Waals surface area contributed by atoms with Crippen LogP contribution in [0.4, 0.5) is 14.5 Å². The highest BCUT2D eigenvalue weighted by atomic mass is 35.5. The Kier molecular flexibility index (Phi) is 6.85. The van der Waals surface area contributed by atoms with Crippen LogP contribution in [-0.4, -0.2) is 32.8 Å². The van der Waals surface area contributed by atoms with Gasteiger partial charge in [-0.25, -0.2) is 17.2 Å². The Bertz CT molecular complexity index is 1310. The quantitative estimate of drug-likeness (QED) is 0.514. The second kappa shape index (κ2) is 9.52. The van der Waals surface area contributed by atoms with E-state index in [0.717, 1.165) is 17.7 Å². The van der Waals surface area contributed by atoms with Crippen LogP contribution in [0.5, 0.6) is 5.75 Å². The van der Waals surface area contributed by atoms with E-state index < -0.39 is 33.8 Å². The second-order valence-corrected chi connectivity index (χ2v) is 10.5. The topological polar surface area (TPSA) is 66.8 Å². The van der Waals surface area contributed by atoms with Crippen molar-refractivity contribution in [2.24, 2.45) is 0 Å². The number of aliphatic hydroxyl groups is 1. The molecule has 2 atom stereocenters. The van der Waals surface area contributed by atoms with Gasteiger partial charge in [0.25, 0.3) is 10.0 Å². The van der Waals surface area contributed by atoms with E-state index in [-0.39, 0.29) is 17.1 Å². The minimum atomic E-state index is -4.16. The molecule has 3 aromatic carbocycles. The van der Waals surface area contributed by atoms with Gasteiger partial charge < -0.3 is 9.84 Å². The largest absolute Gasteiger partial charge is 0.494 e. The molecule has 0 saturated heterocycles. The van der Waals surface area contributed by atoms with E-state index in [1.807, 2.05) is 6.07 Å². The zero-order chi connectivity index (χ0) is 24.6. The summed E-state index contributed by atoms with van der Waals surface area (Å²) in [6, 6.07) is 12.4. The highest BCUT2D eigenvalue weighted by molar-refractivity contribution is 7.92. The predicted molar refractivity (Wildman–Crippen MR) is 127 cm³/mol. The minimum absolute atomic E-state index is 0.152. The Hall–Kier alpha value is -2.68. The number of nitrogens with zero attached hydrogens (tertiary/aromatic N) is 1. The highest BCUT2D eigenvalue weighted by Crippen LogP contribution is 2.37. The van der Waals surface area contributed by atoms with E-state index in [0.29, 0.717) is 34.7 Å². The smallest absolute Gasteiger partial charge is 0.264 e. The summed E-state index contributed by atoms with van der Waals surface area (Å²) in [6.45, 7) is 1.62. The fourth-order valence-electron chi connectivity index (χ4n) is 4.22. The SMILES string of the molecule is COc1cc(S(=O)(=O)N2c3cc(CCc4c(F)cccc4Cl)ccc3C[C@H](O)[C@H]2C)ccc1F. The van der Waals surface area contributed by atoms with Crippen molar-refractivity contribution in [1.82, 2.24) is 0 Å². The highest BCUT2D eigenvalue weighted by Gasteiger charge is 2.38. The number of ether oxygens (including phenoxy) is 1. The molecule has 1 aliphatic heterocycles. The Balaban J connectivity index is 1.73. The zero-order valence-corrected chi connectivity index (χ0v) is 20.2. The summed E-state index contributed by atoms with van der Waals surface area (Å²) >= 11 is 6.14. The summed E-state index contributed by atoms with van der Waals surface area (Å²) in [5.74, 6) is -1.26. The van der Waals surface area contributed by atoms with Gasteiger partial charge in [-0.2, -0.15) is 0 Å². The second-order valence-electron chi connectivity index (χ2n) is 8.27. The average molecular weight is 508 g/mol. The van der Waals surface area contributed by atoms with Gasteiger partial charge in [-0.1, -0.05) is 29.8 Å². The maximum Gasteiger partial charge on any atom is 0.264 e. The first-order valence-electron chi connectivity index (χ1n) is 10.7. The number of hydrogen-bond donors (Lipinski definition) is 1. The van der Waals surface area contributed by atoms with Gasteiger partial charge in [-0.05, 0) is 61.2 Å². The van der Waals surface area contributed by atoms with Crippen molar-refractivity contribution < 1.29 is 27.0 Å². The molecule has 1 N–H and O–H groups in total. The summed E-state index contributed by atoms with van der Waals surface area (Å²) in [5, 5.41) is 10.9. The molecule has 0 amide bonds. The Morgan fingerprint density at radius 3 is 2.56 bits per heavy atom. The third kappa shape index (κ3) is 4.50. The number of methoxy groups -OCH3 is 1. The van der Waals surface area contributed by atoms with E-state index in [9.17, 15) is 22.3 Å². The van der Waals surface area contributed by atoms with Crippen molar-refractivity contribution in [1.29, 1.82) is 0 Å². The lowest BCUT2D eigenvalue weighted by Gasteiger charge is -2.39. The summed E-state index contributed by atoms with van der Waals surface area (Å²) in [6.07, 6.45) is 0.134. The van der Waals surface area contributed by atoms with Gasteiger partial charge in [-0.15, -0.1) is 0 Å². The van der Waals surface area contributed by atoms with Crippen LogP contribution in [0, 0.1) is 11.6 Å². The number of halogens is 3. The summed E-state index contributed by atoms with van der Waals surface area (Å²) in [7, 11) is -2.90. The van der Waals surface area contributed by atoms with Crippen molar-refractivity contribution in [2.45, 2.75) is 43.2 Å². The maximum absolute atomic E-state index is 14.2. The van der Waals surface area contributed by atoms with Gasteiger partial charge in [0.1, 0.15) is 5.82 Å². The van der Waals surface area contributed by atoms with E-state index in [4.69, 9.17) is 16.3 Å². The van der Waals surface area contributed by atoms with E-state index in [1.54, 1.807) is 31.2 Å². The molecule has 34 heavy (non-hydrogen) atoms. The van der Waals surface area contributed by atoms with Gasteiger partial charge in [0.05, 0.1) is 29.8 Å². The first-order valence-corrected chi connectivity index (χ1v) is 12.6. The van der Waals surface area contributed by atoms with Crippen LogP contribution in [0.15, 0.2) is 59.5 Å². The van der Waals surface area contributed by atoms with Crippen LogP contribution < -0.4 is 9.04 Å². The van der Waals surface area contributed by atoms with Gasteiger partial charge in [0, 0.05) is 23.1 Å². The number of aryl methyl sites for hydroxylation is 1. The molecule has 1 heterocycles. The molecule has 0 saturated carbocycles. The molecule has 0 fully saturated rings. The minimum Gasteiger partial charge on any atom is -0.494 e. The molecule has 9 heteroatoms. The van der Waals surface area contributed by atoms with Gasteiger partial charge >= 0.3 is 0 Å². The normalized spacial score (nSPS) is 18.0. The van der Waals surface area contributed by atoms with Crippen molar-refractivity contribution in [3.05, 3.63) is 87.9 Å². The summed E-state index contributed by atoms with van der Waals surface area (Å²) < 4.78 is 61.5. The molecular weight excluding hydrogens is 484 g/mol. The number of benzene rings is 3. The predicted octanol–water partition coefficient (Wildman–Crippen LogP) is 4.91. The van der Waals surface area contributed by atoms with Crippen molar-refractivity contribution in [3.8, 4) is 5.75 Å². The van der Waals surface area contributed by atoms with E-state index in [2.05, 4.69) is 0 Å². The number of fused-ring (bicyclic) bond motifs is 1. The fourth-order valence-corrected chi connectivity index (χ4v) is 6.21. The molecule has 0 aromatic heterocycles. The first kappa shape index (κ1) is 24.4. The lowest BCUT2D eigenvalue weighted by molar-refractivity contribution is 0.147. The third-order valence-corrected chi connectivity index (χ3v) is 8.40. The first-order chi connectivity index (χ1) is 16.1. The Morgan fingerprint density at radius 2 is 1.85 bits per heavy atom. The lowest BCUT2D eigenvalue weighted by atomic mass is 9.93. The van der Waals surface area contributed by atoms with Gasteiger partial charge in [0.2, 0.25) is 0 Å².